The number of hydrogen-bond acceptors (Lipinski definition) is 4. The Morgan fingerprint density at radius 2 is 1.80 bits per heavy atom. The number of rotatable bonds is 6. The molecule has 0 saturated carbocycles. The van der Waals surface area contributed by atoms with Gasteiger partial charge in [-0.25, -0.2) is 4.98 Å². The van der Waals surface area contributed by atoms with Crippen LogP contribution in [0.3, 0.4) is 0 Å². The highest BCUT2D eigenvalue weighted by molar-refractivity contribution is 9.10. The predicted molar refractivity (Wildman–Crippen MR) is 98.0 cm³/mol. The van der Waals surface area contributed by atoms with Crippen LogP contribution in [0.5, 0.6) is 5.75 Å². The molecule has 0 aliphatic carbocycles. The molecular weight excluding hydrogens is 384 g/mol. The van der Waals surface area contributed by atoms with E-state index in [0.29, 0.717) is 18.5 Å². The molecule has 0 atom stereocenters. The van der Waals surface area contributed by atoms with Crippen molar-refractivity contribution in [2.45, 2.75) is 13.0 Å². The Morgan fingerprint density at radius 3 is 2.52 bits per heavy atom. The molecule has 25 heavy (non-hydrogen) atoms. The first-order chi connectivity index (χ1) is 12.2. The molecule has 0 amide bonds. The van der Waals surface area contributed by atoms with Crippen molar-refractivity contribution in [3.8, 4) is 5.75 Å². The summed E-state index contributed by atoms with van der Waals surface area (Å²) in [6.07, 6.45) is 0.940. The monoisotopic (exact) mass is 398 g/mol. The summed E-state index contributed by atoms with van der Waals surface area (Å²) in [4.78, 5) is 30.6. The lowest BCUT2D eigenvalue weighted by Crippen LogP contribution is -2.18. The Labute approximate surface area is 152 Å². The van der Waals surface area contributed by atoms with Crippen LogP contribution in [-0.4, -0.2) is 16.3 Å². The fraction of sp³-hybridized carbons (Fsp3) is 0.105. The molecule has 0 bridgehead atoms. The topological polar surface area (TPSA) is 72.0 Å². The van der Waals surface area contributed by atoms with E-state index in [1.54, 1.807) is 0 Å². The highest BCUT2D eigenvalue weighted by Crippen LogP contribution is 2.19. The second-order valence-corrected chi connectivity index (χ2v) is 6.24. The van der Waals surface area contributed by atoms with Crippen molar-refractivity contribution in [2.24, 2.45) is 0 Å². The van der Waals surface area contributed by atoms with Crippen LogP contribution >= 0.6 is 15.9 Å². The van der Waals surface area contributed by atoms with Crippen LogP contribution < -0.4 is 10.3 Å². The van der Waals surface area contributed by atoms with E-state index in [4.69, 9.17) is 4.74 Å². The number of aromatic amines is 1. The van der Waals surface area contributed by atoms with Crippen molar-refractivity contribution in [3.05, 3.63) is 92.1 Å². The number of carbonyl (C=O) groups excluding carboxylic acids is 1. The fourth-order valence-electron chi connectivity index (χ4n) is 2.38. The van der Waals surface area contributed by atoms with E-state index in [1.165, 1.54) is 0 Å². The number of carbonyl (C=O) groups is 1. The Kier molecular flexibility index (Phi) is 5.40. The first-order valence-corrected chi connectivity index (χ1v) is 8.45. The lowest BCUT2D eigenvalue weighted by Gasteiger charge is -2.09. The number of nitrogens with one attached hydrogen (secondary N) is 1. The van der Waals surface area contributed by atoms with E-state index >= 15 is 0 Å². The third-order valence-corrected chi connectivity index (χ3v) is 4.38. The first-order valence-electron chi connectivity index (χ1n) is 7.66. The van der Waals surface area contributed by atoms with Gasteiger partial charge in [-0.15, -0.1) is 0 Å². The van der Waals surface area contributed by atoms with E-state index in [2.05, 4.69) is 25.9 Å². The zero-order valence-electron chi connectivity index (χ0n) is 13.2. The maximum absolute atomic E-state index is 12.3. The van der Waals surface area contributed by atoms with Crippen LogP contribution in [0.4, 0.5) is 0 Å². The standard InChI is InChI=1S/C19H15BrN2O3/c20-15-9-5-4-8-14(15)10-17-21-16(11-23)18(19(24)22-17)25-12-13-6-2-1-3-7-13/h1-9,11H,10,12H2,(H,21,22,24). The van der Waals surface area contributed by atoms with E-state index in [-0.39, 0.29) is 18.1 Å². The maximum Gasteiger partial charge on any atom is 0.294 e. The number of nitrogens with zero attached hydrogens (tertiary/aromatic N) is 1. The Hall–Kier alpha value is -2.73. The molecular formula is C19H15BrN2O3. The lowest BCUT2D eigenvalue weighted by molar-refractivity contribution is 0.111. The van der Waals surface area contributed by atoms with Crippen LogP contribution in [-0.2, 0) is 13.0 Å². The summed E-state index contributed by atoms with van der Waals surface area (Å²) in [7, 11) is 0. The van der Waals surface area contributed by atoms with Gasteiger partial charge in [-0.1, -0.05) is 64.5 Å². The second kappa shape index (κ2) is 7.90. The number of ether oxygens (including phenoxy) is 1. The van der Waals surface area contributed by atoms with Crippen LogP contribution in [0.1, 0.15) is 27.4 Å². The summed E-state index contributed by atoms with van der Waals surface area (Å²) in [5, 5.41) is 0. The number of H-pyrrole nitrogens is 1. The molecule has 3 aromatic rings. The van der Waals surface area contributed by atoms with Gasteiger partial charge in [0.1, 0.15) is 12.4 Å². The van der Waals surface area contributed by atoms with Crippen LogP contribution in [0.25, 0.3) is 0 Å². The van der Waals surface area contributed by atoms with Gasteiger partial charge in [-0.2, -0.15) is 0 Å². The van der Waals surface area contributed by atoms with Crippen molar-refractivity contribution in [2.75, 3.05) is 0 Å². The second-order valence-electron chi connectivity index (χ2n) is 5.39. The minimum Gasteiger partial charge on any atom is -0.481 e. The largest absolute Gasteiger partial charge is 0.481 e. The molecule has 0 radical (unpaired) electrons. The molecule has 1 N–H and O–H groups in total. The molecule has 5 nitrogen and oxygen atoms in total. The van der Waals surface area contributed by atoms with E-state index in [1.807, 2.05) is 54.6 Å². The quantitative estimate of drug-likeness (QED) is 0.644. The lowest BCUT2D eigenvalue weighted by atomic mass is 10.1. The molecule has 6 heteroatoms. The predicted octanol–water partition coefficient (Wildman–Crippen LogP) is 3.51. The number of halogens is 1. The highest BCUT2D eigenvalue weighted by atomic mass is 79.9. The molecule has 1 aromatic heterocycles. The van der Waals surface area contributed by atoms with Gasteiger partial charge in [-0.05, 0) is 17.2 Å². The molecule has 0 unspecified atom stereocenters. The van der Waals surface area contributed by atoms with Crippen LogP contribution in [0, 0.1) is 0 Å². The van der Waals surface area contributed by atoms with Gasteiger partial charge in [0.25, 0.3) is 5.56 Å². The minimum atomic E-state index is -0.463. The summed E-state index contributed by atoms with van der Waals surface area (Å²) in [6.45, 7) is 0.190. The number of aromatic nitrogens is 2. The fourth-order valence-corrected chi connectivity index (χ4v) is 2.81. The van der Waals surface area contributed by atoms with Gasteiger partial charge < -0.3 is 9.72 Å². The molecule has 0 fully saturated rings. The molecule has 1 heterocycles. The summed E-state index contributed by atoms with van der Waals surface area (Å²) in [5.74, 6) is 0.348. The number of hydrogen-bond donors (Lipinski definition) is 1. The van der Waals surface area contributed by atoms with Crippen molar-refractivity contribution in [1.29, 1.82) is 0 Å². The SMILES string of the molecule is O=Cc1nc(Cc2ccccc2Br)[nH]c(=O)c1OCc1ccccc1. The summed E-state index contributed by atoms with van der Waals surface area (Å²) < 4.78 is 6.44. The van der Waals surface area contributed by atoms with Crippen molar-refractivity contribution in [3.63, 3.8) is 0 Å². The highest BCUT2D eigenvalue weighted by Gasteiger charge is 2.13. The van der Waals surface area contributed by atoms with Crippen LogP contribution in [0.2, 0.25) is 0 Å². The minimum absolute atomic E-state index is 0.00161. The Morgan fingerprint density at radius 1 is 1.08 bits per heavy atom. The van der Waals surface area contributed by atoms with Gasteiger partial charge in [0.15, 0.2) is 12.0 Å². The summed E-state index contributed by atoms with van der Waals surface area (Å²) >= 11 is 3.46. The molecule has 3 rings (SSSR count). The number of aldehydes is 1. The average molecular weight is 399 g/mol. The molecule has 2 aromatic carbocycles. The van der Waals surface area contributed by atoms with Gasteiger partial charge in [0.2, 0.25) is 5.75 Å². The average Bonchev–Trinajstić information content (AvgIpc) is 2.63. The van der Waals surface area contributed by atoms with Gasteiger partial charge in [0.05, 0.1) is 0 Å². The zero-order valence-corrected chi connectivity index (χ0v) is 14.8. The summed E-state index contributed by atoms with van der Waals surface area (Å²) in [6, 6.07) is 17.0. The molecule has 0 aliphatic heterocycles. The normalized spacial score (nSPS) is 10.4. The Balaban J connectivity index is 1.85. The maximum atomic E-state index is 12.3. The first kappa shape index (κ1) is 17.1. The van der Waals surface area contributed by atoms with Gasteiger partial charge in [0, 0.05) is 10.9 Å². The summed E-state index contributed by atoms with van der Waals surface area (Å²) in [5.41, 5.74) is 1.40. The third-order valence-electron chi connectivity index (χ3n) is 3.61. The zero-order chi connectivity index (χ0) is 17.6. The van der Waals surface area contributed by atoms with E-state index in [0.717, 1.165) is 15.6 Å². The van der Waals surface area contributed by atoms with Crippen molar-refractivity contribution < 1.29 is 9.53 Å². The number of benzene rings is 2. The molecule has 0 saturated heterocycles. The molecule has 0 spiro atoms. The van der Waals surface area contributed by atoms with Gasteiger partial charge in [-0.3, -0.25) is 9.59 Å². The van der Waals surface area contributed by atoms with E-state index < -0.39 is 5.56 Å². The third kappa shape index (κ3) is 4.22. The Bertz CT molecular complexity index is 939. The smallest absolute Gasteiger partial charge is 0.294 e. The van der Waals surface area contributed by atoms with E-state index in [9.17, 15) is 9.59 Å². The van der Waals surface area contributed by atoms with Gasteiger partial charge >= 0.3 is 0 Å². The van der Waals surface area contributed by atoms with Crippen molar-refractivity contribution in [1.82, 2.24) is 9.97 Å². The van der Waals surface area contributed by atoms with Crippen molar-refractivity contribution >= 4 is 22.2 Å². The molecule has 0 aliphatic rings. The van der Waals surface area contributed by atoms with Crippen LogP contribution in [0.15, 0.2) is 63.9 Å². The molecule has 126 valence electrons.